The predicted molar refractivity (Wildman–Crippen MR) is 91.1 cm³/mol. The van der Waals surface area contributed by atoms with Crippen LogP contribution >= 0.6 is 22.7 Å². The monoisotopic (exact) mass is 314 g/mol. The van der Waals surface area contributed by atoms with Crippen LogP contribution in [0.4, 0.5) is 5.13 Å². The Morgan fingerprint density at radius 3 is 2.90 bits per heavy atom. The number of benzene rings is 1. The molecule has 0 saturated carbocycles. The standard InChI is InChI=1S/C16H14N2OS2/c1-10-5-7-13-15(11(10)2)18-16(21-13)17-14(19)8-6-12-4-3-9-20-12/h3-9H,1-2H3,(H,17,18,19). The fraction of sp³-hybridized carbons (Fsp3) is 0.125. The second-order valence-corrected chi connectivity index (χ2v) is 6.72. The molecule has 0 aliphatic heterocycles. The smallest absolute Gasteiger partial charge is 0.250 e. The van der Waals surface area contributed by atoms with Crippen LogP contribution in [0.5, 0.6) is 0 Å². The van der Waals surface area contributed by atoms with Crippen LogP contribution in [0.2, 0.25) is 0 Å². The van der Waals surface area contributed by atoms with Crippen LogP contribution in [0.3, 0.4) is 0 Å². The number of carbonyl (C=O) groups is 1. The molecule has 3 rings (SSSR count). The highest BCUT2D eigenvalue weighted by Crippen LogP contribution is 2.29. The molecule has 0 aliphatic carbocycles. The summed E-state index contributed by atoms with van der Waals surface area (Å²) >= 11 is 3.10. The molecule has 0 spiro atoms. The minimum atomic E-state index is -0.156. The zero-order chi connectivity index (χ0) is 14.8. The van der Waals surface area contributed by atoms with E-state index in [1.165, 1.54) is 28.5 Å². The summed E-state index contributed by atoms with van der Waals surface area (Å²) in [5, 5.41) is 5.45. The molecule has 21 heavy (non-hydrogen) atoms. The van der Waals surface area contributed by atoms with Crippen molar-refractivity contribution in [2.24, 2.45) is 0 Å². The Balaban J connectivity index is 1.79. The minimum absolute atomic E-state index is 0.156. The van der Waals surface area contributed by atoms with Gasteiger partial charge in [-0.25, -0.2) is 4.98 Å². The minimum Gasteiger partial charge on any atom is -0.298 e. The van der Waals surface area contributed by atoms with Gasteiger partial charge < -0.3 is 0 Å². The summed E-state index contributed by atoms with van der Waals surface area (Å²) in [7, 11) is 0. The SMILES string of the molecule is Cc1ccc2sc(NC(=O)C=Cc3cccs3)nc2c1C. The molecule has 2 heterocycles. The van der Waals surface area contributed by atoms with Crippen molar-refractivity contribution in [1.82, 2.24) is 4.98 Å². The number of thiophene rings is 1. The summed E-state index contributed by atoms with van der Waals surface area (Å²) in [6.45, 7) is 4.12. The van der Waals surface area contributed by atoms with E-state index in [1.54, 1.807) is 11.3 Å². The van der Waals surface area contributed by atoms with E-state index in [4.69, 9.17) is 0 Å². The van der Waals surface area contributed by atoms with Crippen LogP contribution in [0.25, 0.3) is 16.3 Å². The van der Waals surface area contributed by atoms with Gasteiger partial charge in [-0.15, -0.1) is 11.3 Å². The van der Waals surface area contributed by atoms with Crippen LogP contribution in [-0.4, -0.2) is 10.9 Å². The molecule has 1 amide bonds. The second-order valence-electron chi connectivity index (χ2n) is 4.71. The Morgan fingerprint density at radius 1 is 1.29 bits per heavy atom. The molecule has 0 unspecified atom stereocenters. The van der Waals surface area contributed by atoms with Crippen LogP contribution in [-0.2, 0) is 4.79 Å². The Hall–Kier alpha value is -1.98. The lowest BCUT2D eigenvalue weighted by atomic mass is 10.1. The van der Waals surface area contributed by atoms with Crippen LogP contribution in [0, 0.1) is 13.8 Å². The summed E-state index contributed by atoms with van der Waals surface area (Å²) in [4.78, 5) is 17.5. The maximum atomic E-state index is 11.9. The molecule has 0 saturated heterocycles. The van der Waals surface area contributed by atoms with Crippen molar-refractivity contribution < 1.29 is 4.79 Å². The average molecular weight is 314 g/mol. The van der Waals surface area contributed by atoms with E-state index in [-0.39, 0.29) is 5.91 Å². The molecule has 2 aromatic heterocycles. The number of fused-ring (bicyclic) bond motifs is 1. The van der Waals surface area contributed by atoms with Crippen molar-refractivity contribution in [2.75, 3.05) is 5.32 Å². The molecule has 3 aromatic rings. The van der Waals surface area contributed by atoms with Gasteiger partial charge in [-0.1, -0.05) is 23.5 Å². The van der Waals surface area contributed by atoms with Crippen molar-refractivity contribution in [2.45, 2.75) is 13.8 Å². The first-order chi connectivity index (χ1) is 10.1. The lowest BCUT2D eigenvalue weighted by molar-refractivity contribution is -0.111. The average Bonchev–Trinajstić information content (AvgIpc) is 3.10. The lowest BCUT2D eigenvalue weighted by Gasteiger charge is -1.98. The number of aryl methyl sites for hydroxylation is 2. The van der Waals surface area contributed by atoms with Gasteiger partial charge in [-0.3, -0.25) is 10.1 Å². The molecule has 5 heteroatoms. The normalized spacial score (nSPS) is 11.3. The third-order valence-electron chi connectivity index (χ3n) is 3.26. The second kappa shape index (κ2) is 5.79. The summed E-state index contributed by atoms with van der Waals surface area (Å²) in [6, 6.07) is 8.06. The van der Waals surface area contributed by atoms with E-state index < -0.39 is 0 Å². The number of thiazole rings is 1. The first-order valence-corrected chi connectivity index (χ1v) is 8.22. The Labute approximate surface area is 131 Å². The number of carbonyl (C=O) groups excluding carboxylic acids is 1. The largest absolute Gasteiger partial charge is 0.298 e. The molecule has 0 aliphatic rings. The third kappa shape index (κ3) is 3.04. The molecule has 0 fully saturated rings. The number of nitrogens with one attached hydrogen (secondary N) is 1. The Kier molecular flexibility index (Phi) is 3.86. The number of hydrogen-bond acceptors (Lipinski definition) is 4. The molecular formula is C16H14N2OS2. The first kappa shape index (κ1) is 14.0. The molecular weight excluding hydrogens is 300 g/mol. The Morgan fingerprint density at radius 2 is 2.14 bits per heavy atom. The van der Waals surface area contributed by atoms with Crippen molar-refractivity contribution in [1.29, 1.82) is 0 Å². The number of aromatic nitrogens is 1. The van der Waals surface area contributed by atoms with Gasteiger partial charge in [0.05, 0.1) is 10.2 Å². The van der Waals surface area contributed by atoms with E-state index in [0.717, 1.165) is 15.1 Å². The highest BCUT2D eigenvalue weighted by Gasteiger charge is 2.09. The molecule has 0 bridgehead atoms. The number of anilines is 1. The maximum Gasteiger partial charge on any atom is 0.250 e. The number of hydrogen-bond donors (Lipinski definition) is 1. The van der Waals surface area contributed by atoms with Gasteiger partial charge in [0.15, 0.2) is 5.13 Å². The van der Waals surface area contributed by atoms with Crippen LogP contribution in [0.15, 0.2) is 35.7 Å². The zero-order valence-corrected chi connectivity index (χ0v) is 13.3. The maximum absolute atomic E-state index is 11.9. The fourth-order valence-electron chi connectivity index (χ4n) is 1.97. The van der Waals surface area contributed by atoms with Gasteiger partial charge in [0.25, 0.3) is 0 Å². The quantitative estimate of drug-likeness (QED) is 0.716. The van der Waals surface area contributed by atoms with E-state index >= 15 is 0 Å². The van der Waals surface area contributed by atoms with Gasteiger partial charge in [0, 0.05) is 11.0 Å². The zero-order valence-electron chi connectivity index (χ0n) is 11.7. The van der Waals surface area contributed by atoms with E-state index in [2.05, 4.69) is 30.2 Å². The molecule has 0 atom stereocenters. The summed E-state index contributed by atoms with van der Waals surface area (Å²) in [6.07, 6.45) is 3.35. The first-order valence-electron chi connectivity index (χ1n) is 6.53. The predicted octanol–water partition coefficient (Wildman–Crippen LogP) is 4.63. The van der Waals surface area contributed by atoms with E-state index in [9.17, 15) is 4.79 Å². The van der Waals surface area contributed by atoms with Crippen LogP contribution < -0.4 is 5.32 Å². The molecule has 1 N–H and O–H groups in total. The topological polar surface area (TPSA) is 42.0 Å². The van der Waals surface area contributed by atoms with E-state index in [1.807, 2.05) is 29.7 Å². The number of nitrogens with zero attached hydrogens (tertiary/aromatic N) is 1. The van der Waals surface area contributed by atoms with Gasteiger partial charge in [0.1, 0.15) is 0 Å². The summed E-state index contributed by atoms with van der Waals surface area (Å²) < 4.78 is 1.09. The molecule has 106 valence electrons. The van der Waals surface area contributed by atoms with Crippen molar-refractivity contribution in [3.63, 3.8) is 0 Å². The molecule has 1 aromatic carbocycles. The highest BCUT2D eigenvalue weighted by molar-refractivity contribution is 7.22. The number of rotatable bonds is 3. The molecule has 0 radical (unpaired) electrons. The van der Waals surface area contributed by atoms with Crippen molar-refractivity contribution >= 4 is 50.0 Å². The lowest BCUT2D eigenvalue weighted by Crippen LogP contribution is -2.07. The summed E-state index contributed by atoms with van der Waals surface area (Å²) in [5.74, 6) is -0.156. The number of amides is 1. The van der Waals surface area contributed by atoms with Crippen molar-refractivity contribution in [3.05, 3.63) is 51.7 Å². The van der Waals surface area contributed by atoms with Gasteiger partial charge >= 0.3 is 0 Å². The fourth-order valence-corrected chi connectivity index (χ4v) is 3.52. The van der Waals surface area contributed by atoms with Gasteiger partial charge in [-0.05, 0) is 48.6 Å². The van der Waals surface area contributed by atoms with Crippen molar-refractivity contribution in [3.8, 4) is 0 Å². The van der Waals surface area contributed by atoms with Gasteiger partial charge in [-0.2, -0.15) is 0 Å². The van der Waals surface area contributed by atoms with E-state index in [0.29, 0.717) is 5.13 Å². The summed E-state index contributed by atoms with van der Waals surface area (Å²) in [5.41, 5.74) is 3.35. The van der Waals surface area contributed by atoms with Crippen LogP contribution in [0.1, 0.15) is 16.0 Å². The highest BCUT2D eigenvalue weighted by atomic mass is 32.1. The Bertz CT molecular complexity index is 816. The third-order valence-corrected chi connectivity index (χ3v) is 5.03. The molecule has 3 nitrogen and oxygen atoms in total. The van der Waals surface area contributed by atoms with Gasteiger partial charge in [0.2, 0.25) is 5.91 Å².